The van der Waals surface area contributed by atoms with Crippen molar-refractivity contribution in [2.45, 2.75) is 18.4 Å². The molecule has 0 aliphatic heterocycles. The summed E-state index contributed by atoms with van der Waals surface area (Å²) in [6.45, 7) is 0. The minimum Gasteiger partial charge on any atom is -0.319 e. The van der Waals surface area contributed by atoms with E-state index in [4.69, 9.17) is 5.73 Å². The molecule has 1 fully saturated rings. The molecule has 2 nitrogen and oxygen atoms in total. The third-order valence-corrected chi connectivity index (χ3v) is 2.43. The zero-order valence-corrected chi connectivity index (χ0v) is 7.39. The first-order valence-electron chi connectivity index (χ1n) is 4.32. The topological polar surface area (TPSA) is 43.1 Å². The molecular weight excluding hydrogens is 188 g/mol. The van der Waals surface area contributed by atoms with E-state index < -0.39 is 28.5 Å². The van der Waals surface area contributed by atoms with Crippen LogP contribution < -0.4 is 5.73 Å². The van der Waals surface area contributed by atoms with Gasteiger partial charge in [-0.15, -0.1) is 0 Å². The van der Waals surface area contributed by atoms with Crippen molar-refractivity contribution in [2.24, 2.45) is 5.73 Å². The molecule has 1 aliphatic rings. The highest BCUT2D eigenvalue weighted by Gasteiger charge is 2.47. The second-order valence-electron chi connectivity index (χ2n) is 3.58. The van der Waals surface area contributed by atoms with Crippen LogP contribution in [-0.4, -0.2) is 11.3 Å². The minimum absolute atomic E-state index is 0.500. The summed E-state index contributed by atoms with van der Waals surface area (Å²) >= 11 is 0. The van der Waals surface area contributed by atoms with Crippen LogP contribution in [0.2, 0.25) is 0 Å². The molecule has 4 heteroatoms. The van der Waals surface area contributed by atoms with Gasteiger partial charge >= 0.3 is 0 Å². The maximum Gasteiger partial charge on any atom is 0.188 e. The zero-order valence-electron chi connectivity index (χ0n) is 7.39. The van der Waals surface area contributed by atoms with E-state index in [2.05, 4.69) is 0 Å². The summed E-state index contributed by atoms with van der Waals surface area (Å²) in [5.41, 5.74) is 4.05. The smallest absolute Gasteiger partial charge is 0.188 e. The average molecular weight is 197 g/mol. The number of nitrogens with two attached hydrogens (primary N) is 1. The van der Waals surface area contributed by atoms with E-state index in [0.717, 1.165) is 12.1 Å². The third kappa shape index (κ3) is 1.32. The van der Waals surface area contributed by atoms with E-state index in [9.17, 15) is 13.6 Å². The van der Waals surface area contributed by atoms with Crippen LogP contribution in [0.15, 0.2) is 18.2 Å². The number of rotatable bonds is 2. The first kappa shape index (κ1) is 9.27. The molecule has 0 bridgehead atoms. The Morgan fingerprint density at radius 1 is 1.29 bits per heavy atom. The fourth-order valence-electron chi connectivity index (χ4n) is 1.33. The first-order valence-corrected chi connectivity index (χ1v) is 4.32. The molecule has 1 saturated carbocycles. The van der Waals surface area contributed by atoms with E-state index in [1.165, 1.54) is 6.07 Å². The summed E-state index contributed by atoms with van der Waals surface area (Å²) in [5, 5.41) is 0. The van der Waals surface area contributed by atoms with Gasteiger partial charge in [0.15, 0.2) is 5.78 Å². The number of carbonyl (C=O) groups excluding carboxylic acids is 1. The number of Topliss-reactive ketones (excluding diaryl/α,β-unsaturated/α-hetero) is 1. The van der Waals surface area contributed by atoms with Gasteiger partial charge in [0.25, 0.3) is 0 Å². The lowest BCUT2D eigenvalue weighted by molar-refractivity contribution is 0.0941. The summed E-state index contributed by atoms with van der Waals surface area (Å²) in [6, 6.07) is 3.33. The van der Waals surface area contributed by atoms with Crippen molar-refractivity contribution in [2.75, 3.05) is 0 Å². The van der Waals surface area contributed by atoms with Crippen molar-refractivity contribution in [1.82, 2.24) is 0 Å². The fourth-order valence-corrected chi connectivity index (χ4v) is 1.33. The molecule has 0 aromatic heterocycles. The monoisotopic (exact) mass is 197 g/mol. The summed E-state index contributed by atoms with van der Waals surface area (Å²) in [6.07, 6.45) is 0.999. The second kappa shape index (κ2) is 2.85. The highest BCUT2D eigenvalue weighted by atomic mass is 19.1. The highest BCUT2D eigenvalue weighted by molar-refractivity contribution is 6.05. The molecule has 2 N–H and O–H groups in total. The number of hydrogen-bond donors (Lipinski definition) is 1. The zero-order chi connectivity index (χ0) is 10.3. The Labute approximate surface area is 79.7 Å². The van der Waals surface area contributed by atoms with Gasteiger partial charge < -0.3 is 5.73 Å². The van der Waals surface area contributed by atoms with Crippen molar-refractivity contribution in [3.8, 4) is 0 Å². The molecule has 2 rings (SSSR count). The van der Waals surface area contributed by atoms with E-state index in [-0.39, 0.29) is 0 Å². The van der Waals surface area contributed by atoms with Gasteiger partial charge in [-0.05, 0) is 25.0 Å². The SMILES string of the molecule is NC1(C(=O)c2c(F)cccc2F)CC1. The van der Waals surface area contributed by atoms with Gasteiger partial charge in [-0.2, -0.15) is 0 Å². The van der Waals surface area contributed by atoms with Gasteiger partial charge in [-0.1, -0.05) is 6.07 Å². The lowest BCUT2D eigenvalue weighted by Gasteiger charge is -2.08. The Morgan fingerprint density at radius 2 is 1.79 bits per heavy atom. The molecular formula is C10H9F2NO. The summed E-state index contributed by atoms with van der Waals surface area (Å²) < 4.78 is 26.3. The van der Waals surface area contributed by atoms with E-state index >= 15 is 0 Å². The van der Waals surface area contributed by atoms with Crippen LogP contribution in [0.25, 0.3) is 0 Å². The maximum absolute atomic E-state index is 13.1. The highest BCUT2D eigenvalue weighted by Crippen LogP contribution is 2.36. The molecule has 0 heterocycles. The standard InChI is InChI=1S/C10H9F2NO/c11-6-2-1-3-7(12)8(6)9(14)10(13)4-5-10/h1-3H,4-5,13H2. The molecule has 0 unspecified atom stereocenters. The minimum atomic E-state index is -1.02. The van der Waals surface area contributed by atoms with Crippen LogP contribution in [0.5, 0.6) is 0 Å². The van der Waals surface area contributed by atoms with Crippen LogP contribution in [0.3, 0.4) is 0 Å². The fraction of sp³-hybridized carbons (Fsp3) is 0.300. The van der Waals surface area contributed by atoms with E-state index in [1.54, 1.807) is 0 Å². The molecule has 0 saturated heterocycles. The number of hydrogen-bond acceptors (Lipinski definition) is 2. The first-order chi connectivity index (χ1) is 6.54. The van der Waals surface area contributed by atoms with Crippen LogP contribution in [0.1, 0.15) is 23.2 Å². The number of benzene rings is 1. The van der Waals surface area contributed by atoms with E-state index in [0.29, 0.717) is 12.8 Å². The Balaban J connectivity index is 2.45. The summed E-state index contributed by atoms with van der Waals surface area (Å²) in [7, 11) is 0. The van der Waals surface area contributed by atoms with Gasteiger partial charge in [-0.25, -0.2) is 8.78 Å². The average Bonchev–Trinajstić information content (AvgIpc) is 2.84. The van der Waals surface area contributed by atoms with Crippen LogP contribution in [-0.2, 0) is 0 Å². The lowest BCUT2D eigenvalue weighted by Crippen LogP contribution is -2.34. The Morgan fingerprint density at radius 3 is 2.21 bits per heavy atom. The Hall–Kier alpha value is -1.29. The van der Waals surface area contributed by atoms with Gasteiger partial charge in [0.1, 0.15) is 11.6 Å². The summed E-state index contributed by atoms with van der Waals surface area (Å²) in [4.78, 5) is 11.6. The molecule has 0 amide bonds. The Bertz CT molecular complexity index is 379. The van der Waals surface area contributed by atoms with Crippen LogP contribution in [0, 0.1) is 11.6 Å². The normalized spacial score (nSPS) is 17.9. The molecule has 1 aromatic carbocycles. The van der Waals surface area contributed by atoms with Gasteiger partial charge in [0.2, 0.25) is 0 Å². The van der Waals surface area contributed by atoms with Crippen molar-refractivity contribution < 1.29 is 13.6 Å². The third-order valence-electron chi connectivity index (χ3n) is 2.43. The van der Waals surface area contributed by atoms with Gasteiger partial charge in [0.05, 0.1) is 11.1 Å². The molecule has 1 aromatic rings. The van der Waals surface area contributed by atoms with Crippen molar-refractivity contribution in [1.29, 1.82) is 0 Å². The van der Waals surface area contributed by atoms with Gasteiger partial charge in [-0.3, -0.25) is 4.79 Å². The maximum atomic E-state index is 13.1. The van der Waals surface area contributed by atoms with E-state index in [1.807, 2.05) is 0 Å². The quantitative estimate of drug-likeness (QED) is 0.732. The van der Waals surface area contributed by atoms with Crippen LogP contribution >= 0.6 is 0 Å². The van der Waals surface area contributed by atoms with Gasteiger partial charge in [0, 0.05) is 0 Å². The largest absolute Gasteiger partial charge is 0.319 e. The number of ketones is 1. The number of carbonyl (C=O) groups is 1. The predicted molar refractivity (Wildman–Crippen MR) is 46.8 cm³/mol. The molecule has 74 valence electrons. The molecule has 0 radical (unpaired) electrons. The lowest BCUT2D eigenvalue weighted by atomic mass is 10.0. The predicted octanol–water partition coefficient (Wildman–Crippen LogP) is 1.64. The molecule has 0 atom stereocenters. The molecule has 14 heavy (non-hydrogen) atoms. The number of halogens is 2. The second-order valence-corrected chi connectivity index (χ2v) is 3.58. The van der Waals surface area contributed by atoms with Crippen molar-refractivity contribution in [3.05, 3.63) is 35.4 Å². The molecule has 0 spiro atoms. The van der Waals surface area contributed by atoms with Crippen molar-refractivity contribution >= 4 is 5.78 Å². The van der Waals surface area contributed by atoms with Crippen LogP contribution in [0.4, 0.5) is 8.78 Å². The molecule has 1 aliphatic carbocycles. The van der Waals surface area contributed by atoms with Crippen molar-refractivity contribution in [3.63, 3.8) is 0 Å². The Kier molecular flexibility index (Phi) is 1.89. The summed E-state index contributed by atoms with van der Waals surface area (Å²) in [5.74, 6) is -2.31.